The van der Waals surface area contributed by atoms with Gasteiger partial charge in [-0.15, -0.1) is 0 Å². The van der Waals surface area contributed by atoms with E-state index in [0.29, 0.717) is 11.3 Å². The summed E-state index contributed by atoms with van der Waals surface area (Å²) in [6, 6.07) is 7.08. The maximum absolute atomic E-state index is 14.6. The van der Waals surface area contributed by atoms with Crippen LogP contribution in [0.5, 0.6) is 0 Å². The molecule has 1 saturated heterocycles. The highest BCUT2D eigenvalue weighted by Gasteiger charge is 2.26. The van der Waals surface area contributed by atoms with Gasteiger partial charge in [-0.1, -0.05) is 18.2 Å². The van der Waals surface area contributed by atoms with Gasteiger partial charge in [0.15, 0.2) is 0 Å². The number of hydrogen-bond acceptors (Lipinski definition) is 4. The number of likely N-dealkylation sites (N-methyl/N-ethyl adjacent to an activating group) is 1. The van der Waals surface area contributed by atoms with Gasteiger partial charge in [-0.05, 0) is 39.1 Å². The number of hydrogen-bond donors (Lipinski definition) is 1. The normalized spacial score (nSPS) is 18.1. The fourth-order valence-corrected chi connectivity index (χ4v) is 4.37. The molecule has 0 saturated carbocycles. The number of alkyl halides is 2. The second kappa shape index (κ2) is 8.34. The molecular weight excluding hydrogens is 405 g/mol. The molecule has 1 aliphatic heterocycles. The van der Waals surface area contributed by atoms with Crippen molar-refractivity contribution in [1.29, 1.82) is 0 Å². The first-order valence-corrected chi connectivity index (χ1v) is 10.3. The van der Waals surface area contributed by atoms with E-state index >= 15 is 0 Å². The van der Waals surface area contributed by atoms with Crippen LogP contribution in [0, 0.1) is 5.82 Å². The minimum Gasteiger partial charge on any atom is -0.378 e. The van der Waals surface area contributed by atoms with Gasteiger partial charge in [0.25, 0.3) is 12.0 Å². The summed E-state index contributed by atoms with van der Waals surface area (Å²) in [7, 11) is 3.72. The number of pyridine rings is 2. The lowest BCUT2D eigenvalue weighted by Crippen LogP contribution is -2.25. The third-order valence-corrected chi connectivity index (χ3v) is 6.10. The van der Waals surface area contributed by atoms with Gasteiger partial charge in [-0.3, -0.25) is 9.36 Å². The molecule has 4 rings (SSSR count). The fraction of sp³-hybridized carbons (Fsp3) is 0.391. The van der Waals surface area contributed by atoms with E-state index < -0.39 is 23.8 Å². The molecule has 5 nitrogen and oxygen atoms in total. The van der Waals surface area contributed by atoms with Crippen molar-refractivity contribution < 1.29 is 13.2 Å². The number of anilines is 1. The van der Waals surface area contributed by atoms with Crippen LogP contribution in [0.4, 0.5) is 18.9 Å². The van der Waals surface area contributed by atoms with E-state index in [4.69, 9.17) is 0 Å². The lowest BCUT2D eigenvalue weighted by Gasteiger charge is -2.20. The Morgan fingerprint density at radius 1 is 1.19 bits per heavy atom. The van der Waals surface area contributed by atoms with Crippen LogP contribution in [0.3, 0.4) is 0 Å². The third-order valence-electron chi connectivity index (χ3n) is 6.10. The highest BCUT2D eigenvalue weighted by atomic mass is 19.3. The average molecular weight is 430 g/mol. The van der Waals surface area contributed by atoms with Crippen LogP contribution < -0.4 is 10.9 Å². The number of aromatic nitrogens is 2. The first-order valence-electron chi connectivity index (χ1n) is 10.3. The van der Waals surface area contributed by atoms with Gasteiger partial charge in [0.2, 0.25) is 0 Å². The molecule has 0 bridgehead atoms. The molecule has 3 heterocycles. The third kappa shape index (κ3) is 3.92. The maximum Gasteiger partial charge on any atom is 0.266 e. The van der Waals surface area contributed by atoms with Crippen LogP contribution in [0.15, 0.2) is 41.3 Å². The van der Waals surface area contributed by atoms with Crippen LogP contribution in [-0.2, 0) is 7.05 Å². The summed E-state index contributed by atoms with van der Waals surface area (Å²) in [5, 5.41) is 3.97. The van der Waals surface area contributed by atoms with Crippen LogP contribution in [-0.4, -0.2) is 34.6 Å². The predicted octanol–water partition coefficient (Wildman–Crippen LogP) is 4.60. The molecule has 1 aromatic carbocycles. The molecule has 1 fully saturated rings. The Balaban J connectivity index is 1.76. The van der Waals surface area contributed by atoms with Crippen LogP contribution >= 0.6 is 0 Å². The molecule has 0 spiro atoms. The number of nitrogens with one attached hydrogen (secondary N) is 1. The van der Waals surface area contributed by atoms with Gasteiger partial charge in [0.05, 0.1) is 11.6 Å². The Morgan fingerprint density at radius 2 is 1.94 bits per heavy atom. The summed E-state index contributed by atoms with van der Waals surface area (Å²) in [6.07, 6.45) is -0.399. The SMILES string of the molecule is C[C@@H](Nc1ccnc2c1cc(C1CCN(C)C1)c(=O)n2C)c1cccc(C(F)F)c1F. The molecule has 1 aliphatic rings. The van der Waals surface area contributed by atoms with Crippen molar-refractivity contribution in [2.24, 2.45) is 7.05 Å². The molecule has 0 aliphatic carbocycles. The van der Waals surface area contributed by atoms with E-state index in [0.717, 1.165) is 36.5 Å². The molecule has 1 N–H and O–H groups in total. The standard InChI is InChI=1S/C23H25F3N4O/c1-13(15-5-4-6-16(20(15)24)21(25)26)28-19-7-9-27-22-18(19)11-17(23(31)30(22)3)14-8-10-29(2)12-14/h4-7,9,11,13-14,21H,8,10,12H2,1-3H3,(H,27,28)/t13-,14?/m1/s1. The van der Waals surface area contributed by atoms with Crippen LogP contribution in [0.2, 0.25) is 0 Å². The zero-order valence-corrected chi connectivity index (χ0v) is 17.7. The Kier molecular flexibility index (Phi) is 5.75. The first kappa shape index (κ1) is 21.4. The van der Waals surface area contributed by atoms with Crippen molar-refractivity contribution in [3.05, 3.63) is 69.4 Å². The predicted molar refractivity (Wildman–Crippen MR) is 115 cm³/mol. The summed E-state index contributed by atoms with van der Waals surface area (Å²) in [4.78, 5) is 19.5. The quantitative estimate of drug-likeness (QED) is 0.643. The minimum atomic E-state index is -2.88. The van der Waals surface area contributed by atoms with Gasteiger partial charge in [-0.25, -0.2) is 18.2 Å². The van der Waals surface area contributed by atoms with E-state index in [2.05, 4.69) is 15.2 Å². The highest BCUT2D eigenvalue weighted by molar-refractivity contribution is 5.89. The maximum atomic E-state index is 14.6. The van der Waals surface area contributed by atoms with Gasteiger partial charge < -0.3 is 10.2 Å². The zero-order chi connectivity index (χ0) is 22.3. The molecule has 2 aromatic heterocycles. The Morgan fingerprint density at radius 3 is 2.61 bits per heavy atom. The average Bonchev–Trinajstić information content (AvgIpc) is 3.16. The van der Waals surface area contributed by atoms with Crippen molar-refractivity contribution in [2.75, 3.05) is 25.5 Å². The summed E-state index contributed by atoms with van der Waals surface area (Å²) in [5.74, 6) is -0.767. The monoisotopic (exact) mass is 430 g/mol. The Hall–Kier alpha value is -2.87. The van der Waals surface area contributed by atoms with Gasteiger partial charge >= 0.3 is 0 Å². The molecule has 8 heteroatoms. The number of halogens is 3. The summed E-state index contributed by atoms with van der Waals surface area (Å²) in [5.41, 5.74) is 1.39. The number of benzene rings is 1. The first-order chi connectivity index (χ1) is 14.8. The second-order valence-electron chi connectivity index (χ2n) is 8.22. The molecule has 2 atom stereocenters. The molecule has 3 aromatic rings. The summed E-state index contributed by atoms with van der Waals surface area (Å²) >= 11 is 0. The van der Waals surface area contributed by atoms with Crippen molar-refractivity contribution in [2.45, 2.75) is 31.7 Å². The van der Waals surface area contributed by atoms with Crippen LogP contribution in [0.25, 0.3) is 11.0 Å². The molecular formula is C23H25F3N4O. The molecule has 164 valence electrons. The van der Waals surface area contributed by atoms with E-state index in [-0.39, 0.29) is 17.0 Å². The number of nitrogens with zero attached hydrogens (tertiary/aromatic N) is 3. The molecule has 1 unspecified atom stereocenters. The van der Waals surface area contributed by atoms with E-state index in [9.17, 15) is 18.0 Å². The minimum absolute atomic E-state index is 0.0684. The van der Waals surface area contributed by atoms with Gasteiger partial charge in [0.1, 0.15) is 11.5 Å². The molecule has 0 radical (unpaired) electrons. The van der Waals surface area contributed by atoms with Crippen molar-refractivity contribution >= 4 is 16.7 Å². The van der Waals surface area contributed by atoms with Gasteiger partial charge in [-0.2, -0.15) is 0 Å². The van der Waals surface area contributed by atoms with E-state index in [1.807, 2.05) is 13.1 Å². The molecule has 31 heavy (non-hydrogen) atoms. The molecule has 0 amide bonds. The second-order valence-corrected chi connectivity index (χ2v) is 8.22. The smallest absolute Gasteiger partial charge is 0.266 e. The van der Waals surface area contributed by atoms with Crippen molar-refractivity contribution in [3.63, 3.8) is 0 Å². The number of rotatable bonds is 5. The zero-order valence-electron chi connectivity index (χ0n) is 17.7. The Bertz CT molecular complexity index is 1180. The Labute approximate surface area is 178 Å². The number of fused-ring (bicyclic) bond motifs is 1. The largest absolute Gasteiger partial charge is 0.378 e. The van der Waals surface area contributed by atoms with Gasteiger partial charge in [0, 0.05) is 47.9 Å². The van der Waals surface area contributed by atoms with Crippen LogP contribution in [0.1, 0.15) is 48.4 Å². The number of aryl methyl sites for hydroxylation is 1. The lowest BCUT2D eigenvalue weighted by atomic mass is 9.98. The summed E-state index contributed by atoms with van der Waals surface area (Å²) < 4.78 is 42.4. The van der Waals surface area contributed by atoms with E-state index in [1.54, 1.807) is 26.2 Å². The fourth-order valence-electron chi connectivity index (χ4n) is 4.37. The van der Waals surface area contributed by atoms with Crippen molar-refractivity contribution in [3.8, 4) is 0 Å². The number of likely N-dealkylation sites (tertiary alicyclic amines) is 1. The lowest BCUT2D eigenvalue weighted by molar-refractivity contribution is 0.146. The highest BCUT2D eigenvalue weighted by Crippen LogP contribution is 2.32. The topological polar surface area (TPSA) is 50.2 Å². The summed E-state index contributed by atoms with van der Waals surface area (Å²) in [6.45, 7) is 3.46. The van der Waals surface area contributed by atoms with Crippen molar-refractivity contribution in [1.82, 2.24) is 14.5 Å². The van der Waals surface area contributed by atoms with E-state index in [1.165, 1.54) is 16.7 Å².